The standard InChI is InChI=1S/C21H22Cl2FNO3/c1-21(25-20(27)8-9-26)11-18(13-2-4-14(22)5-3-13)28-19(12-21)16-7-6-15(24)10-17(16)23/h2-7,10,18-19,26H,8-9,11-12H2,1H3,(H,25,27)/t18-,19+,21-/m0/s1. The Bertz CT molecular complexity index is 846. The number of ether oxygens (including phenoxy) is 1. The van der Waals surface area contributed by atoms with E-state index in [2.05, 4.69) is 5.32 Å². The fraction of sp³-hybridized carbons (Fsp3) is 0.381. The largest absolute Gasteiger partial charge is 0.396 e. The zero-order valence-electron chi connectivity index (χ0n) is 15.4. The Morgan fingerprint density at radius 3 is 2.54 bits per heavy atom. The normalized spacial score (nSPS) is 24.8. The third-order valence-corrected chi connectivity index (χ3v) is 5.51. The molecule has 1 aliphatic rings. The average Bonchev–Trinajstić information content (AvgIpc) is 2.61. The van der Waals surface area contributed by atoms with Gasteiger partial charge in [-0.3, -0.25) is 4.79 Å². The Hall–Kier alpha value is -1.66. The molecule has 0 spiro atoms. The number of nitrogens with one attached hydrogen (secondary N) is 1. The van der Waals surface area contributed by atoms with E-state index in [1.807, 2.05) is 19.1 Å². The first-order chi connectivity index (χ1) is 13.3. The summed E-state index contributed by atoms with van der Waals surface area (Å²) in [5.74, 6) is -0.650. The molecule has 1 amide bonds. The summed E-state index contributed by atoms with van der Waals surface area (Å²) in [5.41, 5.74) is 1.01. The number of aliphatic hydroxyl groups excluding tert-OH is 1. The molecule has 2 aromatic carbocycles. The van der Waals surface area contributed by atoms with Crippen LogP contribution in [0, 0.1) is 5.82 Å². The van der Waals surface area contributed by atoms with Crippen LogP contribution in [0.4, 0.5) is 4.39 Å². The van der Waals surface area contributed by atoms with E-state index in [1.165, 1.54) is 12.1 Å². The summed E-state index contributed by atoms with van der Waals surface area (Å²) in [6.07, 6.45) is 0.309. The molecule has 0 unspecified atom stereocenters. The molecule has 150 valence electrons. The van der Waals surface area contributed by atoms with E-state index >= 15 is 0 Å². The zero-order valence-corrected chi connectivity index (χ0v) is 16.9. The van der Waals surface area contributed by atoms with Gasteiger partial charge in [0, 0.05) is 34.8 Å². The van der Waals surface area contributed by atoms with Gasteiger partial charge in [-0.2, -0.15) is 0 Å². The summed E-state index contributed by atoms with van der Waals surface area (Å²) in [6.45, 7) is 1.73. The van der Waals surface area contributed by atoms with Crippen LogP contribution in [0.15, 0.2) is 42.5 Å². The van der Waals surface area contributed by atoms with Crippen molar-refractivity contribution >= 4 is 29.1 Å². The molecule has 3 atom stereocenters. The van der Waals surface area contributed by atoms with Crippen molar-refractivity contribution in [3.05, 3.63) is 69.5 Å². The van der Waals surface area contributed by atoms with Gasteiger partial charge in [0.25, 0.3) is 0 Å². The first-order valence-corrected chi connectivity index (χ1v) is 9.83. The van der Waals surface area contributed by atoms with Crippen LogP contribution in [0.5, 0.6) is 0 Å². The van der Waals surface area contributed by atoms with Gasteiger partial charge in [0.15, 0.2) is 0 Å². The molecular formula is C21H22Cl2FNO3. The average molecular weight is 426 g/mol. The van der Waals surface area contributed by atoms with Crippen molar-refractivity contribution in [3.8, 4) is 0 Å². The van der Waals surface area contributed by atoms with E-state index in [9.17, 15) is 9.18 Å². The molecule has 0 saturated carbocycles. The molecule has 1 fully saturated rings. The van der Waals surface area contributed by atoms with Crippen molar-refractivity contribution < 1.29 is 19.0 Å². The molecule has 0 aromatic heterocycles. The van der Waals surface area contributed by atoms with Crippen molar-refractivity contribution in [1.29, 1.82) is 0 Å². The highest BCUT2D eigenvalue weighted by Crippen LogP contribution is 2.45. The Balaban J connectivity index is 1.93. The van der Waals surface area contributed by atoms with Gasteiger partial charge < -0.3 is 15.2 Å². The molecule has 1 heterocycles. The lowest BCUT2D eigenvalue weighted by Gasteiger charge is -2.43. The zero-order chi connectivity index (χ0) is 20.3. The van der Waals surface area contributed by atoms with Crippen LogP contribution in [-0.4, -0.2) is 23.2 Å². The number of benzene rings is 2. The lowest BCUT2D eigenvalue weighted by Crippen LogP contribution is -2.51. The molecule has 2 aromatic rings. The van der Waals surface area contributed by atoms with Gasteiger partial charge in [-0.15, -0.1) is 0 Å². The highest BCUT2D eigenvalue weighted by molar-refractivity contribution is 6.31. The van der Waals surface area contributed by atoms with Crippen LogP contribution >= 0.6 is 23.2 Å². The SMILES string of the molecule is C[C@]1(NC(=O)CCO)C[C@@H](c2ccc(Cl)cc2)O[C@@H](c2ccc(F)cc2Cl)C1. The first-order valence-electron chi connectivity index (χ1n) is 9.07. The van der Waals surface area contributed by atoms with Crippen LogP contribution in [0.2, 0.25) is 10.0 Å². The molecule has 7 heteroatoms. The van der Waals surface area contributed by atoms with Gasteiger partial charge in [0.05, 0.1) is 18.8 Å². The summed E-state index contributed by atoms with van der Waals surface area (Å²) < 4.78 is 19.8. The van der Waals surface area contributed by atoms with Crippen LogP contribution in [0.1, 0.15) is 49.5 Å². The summed E-state index contributed by atoms with van der Waals surface area (Å²) in [7, 11) is 0. The topological polar surface area (TPSA) is 58.6 Å². The van der Waals surface area contributed by atoms with E-state index in [0.29, 0.717) is 23.4 Å². The number of rotatable bonds is 5. The van der Waals surface area contributed by atoms with Crippen molar-refractivity contribution in [2.45, 2.75) is 43.9 Å². The number of carbonyl (C=O) groups excluding carboxylic acids is 1. The number of halogens is 3. The minimum absolute atomic E-state index is 0.0318. The molecular weight excluding hydrogens is 404 g/mol. The lowest BCUT2D eigenvalue weighted by atomic mass is 9.81. The number of aliphatic hydroxyl groups is 1. The Kier molecular flexibility index (Phi) is 6.61. The molecule has 3 rings (SSSR count). The summed E-state index contributed by atoms with van der Waals surface area (Å²) in [6, 6.07) is 11.6. The van der Waals surface area contributed by atoms with Crippen molar-refractivity contribution in [2.75, 3.05) is 6.61 Å². The third kappa shape index (κ3) is 5.03. The lowest BCUT2D eigenvalue weighted by molar-refractivity contribution is -0.129. The second-order valence-corrected chi connectivity index (χ2v) is 8.17. The highest BCUT2D eigenvalue weighted by Gasteiger charge is 2.40. The maximum atomic E-state index is 13.5. The molecule has 0 radical (unpaired) electrons. The van der Waals surface area contributed by atoms with Gasteiger partial charge in [-0.1, -0.05) is 41.4 Å². The highest BCUT2D eigenvalue weighted by atomic mass is 35.5. The fourth-order valence-electron chi connectivity index (χ4n) is 3.62. The molecule has 0 aliphatic carbocycles. The molecule has 28 heavy (non-hydrogen) atoms. The quantitative estimate of drug-likeness (QED) is 0.709. The number of carbonyl (C=O) groups is 1. The number of hydrogen-bond donors (Lipinski definition) is 2. The van der Waals surface area contributed by atoms with Crippen LogP contribution in [0.3, 0.4) is 0 Å². The van der Waals surface area contributed by atoms with Crippen LogP contribution in [0.25, 0.3) is 0 Å². The maximum Gasteiger partial charge on any atom is 0.222 e. The molecule has 0 bridgehead atoms. The summed E-state index contributed by atoms with van der Waals surface area (Å²) >= 11 is 12.3. The Morgan fingerprint density at radius 2 is 1.89 bits per heavy atom. The molecule has 4 nitrogen and oxygen atoms in total. The summed E-state index contributed by atoms with van der Waals surface area (Å²) in [4.78, 5) is 12.2. The maximum absolute atomic E-state index is 13.5. The third-order valence-electron chi connectivity index (χ3n) is 4.93. The van der Waals surface area contributed by atoms with E-state index in [1.54, 1.807) is 18.2 Å². The van der Waals surface area contributed by atoms with Crippen molar-refractivity contribution in [1.82, 2.24) is 5.32 Å². The van der Waals surface area contributed by atoms with Crippen molar-refractivity contribution in [3.63, 3.8) is 0 Å². The fourth-order valence-corrected chi connectivity index (χ4v) is 4.03. The Labute approximate surface area is 173 Å². The van der Waals surface area contributed by atoms with Gasteiger partial charge in [0.2, 0.25) is 5.91 Å². The van der Waals surface area contributed by atoms with E-state index in [4.69, 9.17) is 33.0 Å². The second-order valence-electron chi connectivity index (χ2n) is 7.32. The van der Waals surface area contributed by atoms with E-state index in [0.717, 1.165) is 5.56 Å². The van der Waals surface area contributed by atoms with Crippen LogP contribution in [-0.2, 0) is 9.53 Å². The summed E-state index contributed by atoms with van der Waals surface area (Å²) in [5, 5.41) is 13.0. The first kappa shape index (κ1) is 21.1. The number of amides is 1. The van der Waals surface area contributed by atoms with Gasteiger partial charge >= 0.3 is 0 Å². The molecule has 2 N–H and O–H groups in total. The van der Waals surface area contributed by atoms with E-state index < -0.39 is 17.5 Å². The van der Waals surface area contributed by atoms with Gasteiger partial charge in [-0.25, -0.2) is 4.39 Å². The predicted molar refractivity (Wildman–Crippen MR) is 107 cm³/mol. The smallest absolute Gasteiger partial charge is 0.222 e. The van der Waals surface area contributed by atoms with Crippen LogP contribution < -0.4 is 5.32 Å². The molecule has 1 saturated heterocycles. The minimum atomic E-state index is -0.586. The molecule has 1 aliphatic heterocycles. The van der Waals surface area contributed by atoms with Crippen molar-refractivity contribution in [2.24, 2.45) is 0 Å². The van der Waals surface area contributed by atoms with Gasteiger partial charge in [0.1, 0.15) is 5.82 Å². The predicted octanol–water partition coefficient (Wildman–Crippen LogP) is 4.98. The monoisotopic (exact) mass is 425 g/mol. The van der Waals surface area contributed by atoms with E-state index in [-0.39, 0.29) is 30.1 Å². The van der Waals surface area contributed by atoms with Gasteiger partial charge in [-0.05, 0) is 42.3 Å². The second kappa shape index (κ2) is 8.78. The Morgan fingerprint density at radius 1 is 1.21 bits per heavy atom. The number of hydrogen-bond acceptors (Lipinski definition) is 3. The minimum Gasteiger partial charge on any atom is -0.396 e.